The minimum atomic E-state index is -0.495. The first-order valence-electron chi connectivity index (χ1n) is 7.53. The fraction of sp³-hybridized carbons (Fsp3) is 0.158. The van der Waals surface area contributed by atoms with Gasteiger partial charge in [0, 0.05) is 16.3 Å². The Labute approximate surface area is 160 Å². The second kappa shape index (κ2) is 8.70. The summed E-state index contributed by atoms with van der Waals surface area (Å²) in [5, 5.41) is 12.5. The molecule has 25 heavy (non-hydrogen) atoms. The van der Waals surface area contributed by atoms with Gasteiger partial charge in [0.05, 0.1) is 11.6 Å². The van der Waals surface area contributed by atoms with E-state index in [-0.39, 0.29) is 5.57 Å². The van der Waals surface area contributed by atoms with Gasteiger partial charge in [-0.15, -0.1) is 0 Å². The lowest BCUT2D eigenvalue weighted by Gasteiger charge is -2.09. The molecule has 0 aliphatic rings. The molecule has 0 heterocycles. The van der Waals surface area contributed by atoms with Crippen LogP contribution in [-0.2, 0) is 11.2 Å². The van der Waals surface area contributed by atoms with E-state index in [9.17, 15) is 10.1 Å². The number of hydrogen-bond donors (Lipinski definition) is 1. The third kappa shape index (κ3) is 4.85. The van der Waals surface area contributed by atoms with Crippen LogP contribution in [0.25, 0.3) is 6.08 Å². The van der Waals surface area contributed by atoms with Crippen molar-refractivity contribution in [3.05, 3.63) is 62.6 Å². The Morgan fingerprint density at radius 3 is 2.60 bits per heavy atom. The summed E-state index contributed by atoms with van der Waals surface area (Å²) in [5.41, 5.74) is 2.28. The number of ether oxygens (including phenoxy) is 1. The summed E-state index contributed by atoms with van der Waals surface area (Å²) in [6, 6.07) is 12.7. The Kier molecular flexibility index (Phi) is 6.63. The SMILES string of the molecule is CCc1ccc(NC(=O)/C(C#N)=C/c2cc(Cl)cc(Br)c2OC)cc1. The highest BCUT2D eigenvalue weighted by Gasteiger charge is 2.13. The predicted octanol–water partition coefficient (Wildman–Crippen LogP) is 5.22. The minimum Gasteiger partial charge on any atom is -0.495 e. The highest BCUT2D eigenvalue weighted by Crippen LogP contribution is 2.34. The summed E-state index contributed by atoms with van der Waals surface area (Å²) >= 11 is 9.40. The molecule has 0 aliphatic carbocycles. The molecular formula is C19H16BrClN2O2. The van der Waals surface area contributed by atoms with Crippen LogP contribution < -0.4 is 10.1 Å². The lowest BCUT2D eigenvalue weighted by molar-refractivity contribution is -0.112. The van der Waals surface area contributed by atoms with Gasteiger partial charge in [-0.25, -0.2) is 0 Å². The minimum absolute atomic E-state index is 0.0490. The van der Waals surface area contributed by atoms with E-state index < -0.39 is 5.91 Å². The topological polar surface area (TPSA) is 62.1 Å². The normalized spacial score (nSPS) is 10.9. The molecule has 0 radical (unpaired) electrons. The molecule has 0 saturated heterocycles. The molecule has 6 heteroatoms. The van der Waals surface area contributed by atoms with Crippen LogP contribution in [0.4, 0.5) is 5.69 Å². The van der Waals surface area contributed by atoms with Crippen LogP contribution in [0.1, 0.15) is 18.1 Å². The molecule has 2 aromatic rings. The lowest BCUT2D eigenvalue weighted by Crippen LogP contribution is -2.13. The molecule has 0 aromatic heterocycles. The van der Waals surface area contributed by atoms with E-state index in [0.717, 1.165) is 6.42 Å². The summed E-state index contributed by atoms with van der Waals surface area (Å²) in [6.07, 6.45) is 2.37. The molecule has 2 rings (SSSR count). The number of carbonyl (C=O) groups excluding carboxylic acids is 1. The van der Waals surface area contributed by atoms with Crippen molar-refractivity contribution < 1.29 is 9.53 Å². The number of nitrogens with zero attached hydrogens (tertiary/aromatic N) is 1. The van der Waals surface area contributed by atoms with Crippen LogP contribution in [0.2, 0.25) is 5.02 Å². The Morgan fingerprint density at radius 1 is 1.36 bits per heavy atom. The third-order valence-electron chi connectivity index (χ3n) is 3.53. The molecule has 0 bridgehead atoms. The molecule has 128 valence electrons. The van der Waals surface area contributed by atoms with E-state index in [1.54, 1.807) is 12.1 Å². The van der Waals surface area contributed by atoms with Gasteiger partial charge in [0.1, 0.15) is 17.4 Å². The fourth-order valence-electron chi connectivity index (χ4n) is 2.23. The predicted molar refractivity (Wildman–Crippen MR) is 104 cm³/mol. The molecule has 0 unspecified atom stereocenters. The van der Waals surface area contributed by atoms with Crippen molar-refractivity contribution >= 4 is 45.2 Å². The van der Waals surface area contributed by atoms with Crippen molar-refractivity contribution in [1.82, 2.24) is 0 Å². The number of aryl methyl sites for hydroxylation is 1. The van der Waals surface area contributed by atoms with E-state index in [1.807, 2.05) is 30.3 Å². The molecule has 0 fully saturated rings. The molecule has 0 aliphatic heterocycles. The second-order valence-corrected chi connectivity index (χ2v) is 6.48. The number of amides is 1. The Hall–Kier alpha value is -2.29. The average Bonchev–Trinajstić information content (AvgIpc) is 2.59. The number of hydrogen-bond acceptors (Lipinski definition) is 3. The van der Waals surface area contributed by atoms with Gasteiger partial charge in [0.25, 0.3) is 5.91 Å². The Morgan fingerprint density at radius 2 is 2.04 bits per heavy atom. The van der Waals surface area contributed by atoms with E-state index in [2.05, 4.69) is 28.2 Å². The van der Waals surface area contributed by atoms with Crippen LogP contribution in [0.3, 0.4) is 0 Å². The highest BCUT2D eigenvalue weighted by molar-refractivity contribution is 9.10. The number of carbonyl (C=O) groups is 1. The van der Waals surface area contributed by atoms with Crippen molar-refractivity contribution in [1.29, 1.82) is 5.26 Å². The molecular weight excluding hydrogens is 404 g/mol. The Bertz CT molecular complexity index is 855. The van der Waals surface area contributed by atoms with E-state index in [0.29, 0.717) is 26.5 Å². The number of rotatable bonds is 5. The first kappa shape index (κ1) is 19.0. The van der Waals surface area contributed by atoms with Crippen LogP contribution >= 0.6 is 27.5 Å². The average molecular weight is 420 g/mol. The number of anilines is 1. The summed E-state index contributed by atoms with van der Waals surface area (Å²) in [6.45, 7) is 2.06. The van der Waals surface area contributed by atoms with Crippen LogP contribution in [0.15, 0.2) is 46.4 Å². The summed E-state index contributed by atoms with van der Waals surface area (Å²) in [4.78, 5) is 12.4. The fourth-order valence-corrected chi connectivity index (χ4v) is 3.23. The summed E-state index contributed by atoms with van der Waals surface area (Å²) in [7, 11) is 1.51. The molecule has 1 N–H and O–H groups in total. The zero-order valence-electron chi connectivity index (χ0n) is 13.8. The van der Waals surface area contributed by atoms with Gasteiger partial charge < -0.3 is 10.1 Å². The second-order valence-electron chi connectivity index (χ2n) is 5.18. The van der Waals surface area contributed by atoms with Crippen LogP contribution in [0, 0.1) is 11.3 Å². The van der Waals surface area contributed by atoms with Crippen molar-refractivity contribution in [2.24, 2.45) is 0 Å². The van der Waals surface area contributed by atoms with Gasteiger partial charge in [-0.1, -0.05) is 30.7 Å². The summed E-state index contributed by atoms with van der Waals surface area (Å²) in [5.74, 6) is 0.00199. The van der Waals surface area contributed by atoms with Crippen molar-refractivity contribution in [2.45, 2.75) is 13.3 Å². The van der Waals surface area contributed by atoms with Gasteiger partial charge in [-0.3, -0.25) is 4.79 Å². The molecule has 0 atom stereocenters. The standard InChI is InChI=1S/C19H16BrClN2O2/c1-3-12-4-6-16(7-5-12)23-19(24)14(11-22)8-13-9-15(21)10-17(20)18(13)25-2/h4-10H,3H2,1-2H3,(H,23,24)/b14-8+. The number of methoxy groups -OCH3 is 1. The molecule has 1 amide bonds. The molecule has 2 aromatic carbocycles. The van der Waals surface area contributed by atoms with Crippen molar-refractivity contribution in [3.8, 4) is 11.8 Å². The number of nitrogens with one attached hydrogen (secondary N) is 1. The number of nitriles is 1. The first-order valence-corrected chi connectivity index (χ1v) is 8.70. The van der Waals surface area contributed by atoms with Gasteiger partial charge in [0.2, 0.25) is 0 Å². The lowest BCUT2D eigenvalue weighted by atomic mass is 10.1. The summed E-state index contributed by atoms with van der Waals surface area (Å²) < 4.78 is 5.95. The maximum atomic E-state index is 12.4. The third-order valence-corrected chi connectivity index (χ3v) is 4.33. The zero-order valence-corrected chi connectivity index (χ0v) is 16.1. The maximum Gasteiger partial charge on any atom is 0.266 e. The number of benzene rings is 2. The van der Waals surface area contributed by atoms with Gasteiger partial charge in [-0.05, 0) is 58.3 Å². The van der Waals surface area contributed by atoms with E-state index in [4.69, 9.17) is 16.3 Å². The van der Waals surface area contributed by atoms with Gasteiger partial charge in [-0.2, -0.15) is 5.26 Å². The smallest absolute Gasteiger partial charge is 0.266 e. The van der Waals surface area contributed by atoms with Crippen molar-refractivity contribution in [3.63, 3.8) is 0 Å². The first-order chi connectivity index (χ1) is 12.0. The monoisotopic (exact) mass is 418 g/mol. The maximum absolute atomic E-state index is 12.4. The van der Waals surface area contributed by atoms with Crippen LogP contribution in [-0.4, -0.2) is 13.0 Å². The van der Waals surface area contributed by atoms with Crippen molar-refractivity contribution in [2.75, 3.05) is 12.4 Å². The van der Waals surface area contributed by atoms with E-state index >= 15 is 0 Å². The molecule has 4 nitrogen and oxygen atoms in total. The van der Waals surface area contributed by atoms with Crippen LogP contribution in [0.5, 0.6) is 5.75 Å². The Balaban J connectivity index is 2.31. The molecule has 0 spiro atoms. The molecule has 0 saturated carbocycles. The zero-order chi connectivity index (χ0) is 18.4. The quantitative estimate of drug-likeness (QED) is 0.534. The highest BCUT2D eigenvalue weighted by atomic mass is 79.9. The van der Waals surface area contributed by atoms with Gasteiger partial charge >= 0.3 is 0 Å². The van der Waals surface area contributed by atoms with Gasteiger partial charge in [0.15, 0.2) is 0 Å². The van der Waals surface area contributed by atoms with E-state index in [1.165, 1.54) is 18.7 Å². The number of halogens is 2. The largest absolute Gasteiger partial charge is 0.495 e.